The van der Waals surface area contributed by atoms with Crippen molar-refractivity contribution in [2.75, 3.05) is 11.9 Å². The van der Waals surface area contributed by atoms with Gasteiger partial charge in [-0.1, -0.05) is 6.07 Å². The third-order valence-electron chi connectivity index (χ3n) is 4.30. The zero-order chi connectivity index (χ0) is 17.2. The minimum absolute atomic E-state index is 0.0484. The molecule has 2 N–H and O–H groups in total. The number of ether oxygens (including phenoxy) is 1. The van der Waals surface area contributed by atoms with Gasteiger partial charge in [-0.2, -0.15) is 0 Å². The Balaban J connectivity index is 1.57. The Kier molecular flexibility index (Phi) is 4.19. The normalized spacial score (nSPS) is 17.7. The molecular weight excluding hydrogens is 325 g/mol. The minimum Gasteiger partial charge on any atom is -0.505 e. The first-order valence-corrected chi connectivity index (χ1v) is 8.23. The second-order valence-corrected chi connectivity index (χ2v) is 6.01. The summed E-state index contributed by atoms with van der Waals surface area (Å²) in [5.41, 5.74) is 2.05. The van der Waals surface area contributed by atoms with Crippen LogP contribution in [-0.4, -0.2) is 31.2 Å². The van der Waals surface area contributed by atoms with Gasteiger partial charge in [0.2, 0.25) is 0 Å². The molecule has 1 fully saturated rings. The molecule has 25 heavy (non-hydrogen) atoms. The summed E-state index contributed by atoms with van der Waals surface area (Å²) >= 11 is 0. The quantitative estimate of drug-likeness (QED) is 0.757. The molecule has 1 saturated heterocycles. The van der Waals surface area contributed by atoms with E-state index in [4.69, 9.17) is 4.74 Å². The topological polar surface area (TPSA) is 85.1 Å². The van der Waals surface area contributed by atoms with Gasteiger partial charge in [-0.25, -0.2) is 19.3 Å². The monoisotopic (exact) mass is 343 g/mol. The summed E-state index contributed by atoms with van der Waals surface area (Å²) < 4.78 is 21.2. The van der Waals surface area contributed by atoms with E-state index in [1.54, 1.807) is 12.4 Å². The molecule has 8 heteroatoms. The molecule has 0 amide bonds. The largest absolute Gasteiger partial charge is 0.505 e. The van der Waals surface area contributed by atoms with Gasteiger partial charge in [0.1, 0.15) is 12.6 Å². The number of nitrogens with one attached hydrogen (secondary N) is 1. The number of imidazole rings is 1. The summed E-state index contributed by atoms with van der Waals surface area (Å²) in [6.07, 6.45) is 6.28. The van der Waals surface area contributed by atoms with Gasteiger partial charge in [-0.05, 0) is 37.0 Å². The average Bonchev–Trinajstić information content (AvgIpc) is 3.08. The van der Waals surface area contributed by atoms with Crippen molar-refractivity contribution in [1.29, 1.82) is 0 Å². The number of hydrogen-bond donors (Lipinski definition) is 2. The Hall–Kier alpha value is -2.74. The number of aromatic hydroxyl groups is 1. The van der Waals surface area contributed by atoms with Crippen molar-refractivity contribution in [3.63, 3.8) is 0 Å². The number of rotatable bonds is 4. The third kappa shape index (κ3) is 3.12. The van der Waals surface area contributed by atoms with E-state index in [2.05, 4.69) is 20.3 Å². The fraction of sp³-hybridized carbons (Fsp3) is 0.353. The van der Waals surface area contributed by atoms with Crippen LogP contribution in [-0.2, 0) is 11.3 Å². The number of anilines is 1. The lowest BCUT2D eigenvalue weighted by Crippen LogP contribution is -2.17. The molecule has 7 nitrogen and oxygen atoms in total. The second kappa shape index (κ2) is 6.64. The number of phenolic OH excluding ortho intramolecular Hbond substituents is 1. The van der Waals surface area contributed by atoms with E-state index in [0.29, 0.717) is 29.1 Å². The van der Waals surface area contributed by atoms with Crippen LogP contribution in [0, 0.1) is 5.82 Å². The maximum atomic E-state index is 13.4. The van der Waals surface area contributed by atoms with Crippen molar-refractivity contribution in [3.8, 4) is 5.75 Å². The van der Waals surface area contributed by atoms with Gasteiger partial charge in [0.15, 0.2) is 28.5 Å². The smallest absolute Gasteiger partial charge is 0.167 e. The van der Waals surface area contributed by atoms with Crippen molar-refractivity contribution in [2.24, 2.45) is 0 Å². The molecule has 0 saturated carbocycles. The van der Waals surface area contributed by atoms with E-state index >= 15 is 0 Å². The molecule has 0 bridgehead atoms. The van der Waals surface area contributed by atoms with Crippen LogP contribution in [0.1, 0.15) is 31.1 Å². The van der Waals surface area contributed by atoms with Crippen molar-refractivity contribution in [1.82, 2.24) is 19.5 Å². The SMILES string of the molecule is Oc1ccc(CNc2ncnc3c2ncn3C2CCCCO2)cc1F. The lowest BCUT2D eigenvalue weighted by molar-refractivity contribution is -0.0298. The van der Waals surface area contributed by atoms with Crippen molar-refractivity contribution >= 4 is 17.0 Å². The molecule has 0 aliphatic carbocycles. The number of nitrogens with zero attached hydrogens (tertiary/aromatic N) is 4. The molecule has 2 aromatic heterocycles. The van der Waals surface area contributed by atoms with Crippen LogP contribution < -0.4 is 5.32 Å². The molecule has 0 radical (unpaired) electrons. The summed E-state index contributed by atoms with van der Waals surface area (Å²) in [5.74, 6) is -0.432. The summed E-state index contributed by atoms with van der Waals surface area (Å²) in [6.45, 7) is 1.10. The molecular formula is C17H18FN5O2. The molecule has 1 unspecified atom stereocenters. The van der Waals surface area contributed by atoms with Gasteiger partial charge in [0.25, 0.3) is 0 Å². The molecule has 1 atom stereocenters. The summed E-state index contributed by atoms with van der Waals surface area (Å²) in [6, 6.07) is 4.27. The third-order valence-corrected chi connectivity index (χ3v) is 4.30. The molecule has 130 valence electrons. The van der Waals surface area contributed by atoms with Gasteiger partial charge >= 0.3 is 0 Å². The van der Waals surface area contributed by atoms with E-state index < -0.39 is 5.82 Å². The molecule has 3 heterocycles. The Bertz CT molecular complexity index is 892. The van der Waals surface area contributed by atoms with Crippen molar-refractivity contribution < 1.29 is 14.2 Å². The second-order valence-electron chi connectivity index (χ2n) is 6.01. The fourth-order valence-electron chi connectivity index (χ4n) is 2.98. The van der Waals surface area contributed by atoms with Crippen LogP contribution in [0.5, 0.6) is 5.75 Å². The van der Waals surface area contributed by atoms with Crippen LogP contribution in [0.3, 0.4) is 0 Å². The van der Waals surface area contributed by atoms with E-state index in [-0.39, 0.29) is 12.0 Å². The Labute approximate surface area is 143 Å². The number of hydrogen-bond acceptors (Lipinski definition) is 6. The maximum Gasteiger partial charge on any atom is 0.167 e. The number of halogens is 1. The minimum atomic E-state index is -0.647. The van der Waals surface area contributed by atoms with Gasteiger partial charge in [-0.15, -0.1) is 0 Å². The number of benzene rings is 1. The predicted molar refractivity (Wildman–Crippen MR) is 89.6 cm³/mol. The van der Waals surface area contributed by atoms with E-state index in [9.17, 15) is 9.50 Å². The highest BCUT2D eigenvalue weighted by molar-refractivity contribution is 5.82. The molecule has 4 rings (SSSR count). The Morgan fingerprint density at radius 3 is 3.00 bits per heavy atom. The zero-order valence-electron chi connectivity index (χ0n) is 13.5. The molecule has 1 aliphatic heterocycles. The highest BCUT2D eigenvalue weighted by Gasteiger charge is 2.20. The van der Waals surface area contributed by atoms with E-state index in [1.807, 2.05) is 4.57 Å². The van der Waals surface area contributed by atoms with Gasteiger partial charge in [0.05, 0.1) is 6.33 Å². The van der Waals surface area contributed by atoms with E-state index in [0.717, 1.165) is 25.9 Å². The Morgan fingerprint density at radius 2 is 2.20 bits per heavy atom. The summed E-state index contributed by atoms with van der Waals surface area (Å²) in [7, 11) is 0. The van der Waals surface area contributed by atoms with Gasteiger partial charge < -0.3 is 15.2 Å². The first kappa shape index (κ1) is 15.8. The highest BCUT2D eigenvalue weighted by Crippen LogP contribution is 2.27. The molecule has 1 aromatic carbocycles. The van der Waals surface area contributed by atoms with Crippen molar-refractivity contribution in [3.05, 3.63) is 42.2 Å². The van der Waals surface area contributed by atoms with Gasteiger partial charge in [0, 0.05) is 13.2 Å². The van der Waals surface area contributed by atoms with Gasteiger partial charge in [-0.3, -0.25) is 4.57 Å². The van der Waals surface area contributed by atoms with Crippen LogP contribution in [0.25, 0.3) is 11.2 Å². The molecule has 1 aliphatic rings. The van der Waals surface area contributed by atoms with Crippen LogP contribution >= 0.6 is 0 Å². The van der Waals surface area contributed by atoms with Crippen LogP contribution in [0.4, 0.5) is 10.2 Å². The predicted octanol–water partition coefficient (Wildman–Crippen LogP) is 2.98. The fourth-order valence-corrected chi connectivity index (χ4v) is 2.98. The average molecular weight is 343 g/mol. The summed E-state index contributed by atoms with van der Waals surface area (Å²) in [5, 5.41) is 12.4. The van der Waals surface area contributed by atoms with Crippen LogP contribution in [0.15, 0.2) is 30.9 Å². The molecule has 3 aromatic rings. The standard InChI is InChI=1S/C17H18FN5O2/c18-12-7-11(4-5-13(12)24)8-19-16-15-17(21-9-20-16)23(10-22-15)14-3-1-2-6-25-14/h4-5,7,9-10,14,24H,1-3,6,8H2,(H,19,20,21). The number of fused-ring (bicyclic) bond motifs is 1. The first-order chi connectivity index (χ1) is 12.2. The molecule has 0 spiro atoms. The highest BCUT2D eigenvalue weighted by atomic mass is 19.1. The summed E-state index contributed by atoms with van der Waals surface area (Å²) in [4.78, 5) is 13.0. The lowest BCUT2D eigenvalue weighted by atomic mass is 10.2. The maximum absolute atomic E-state index is 13.4. The lowest BCUT2D eigenvalue weighted by Gasteiger charge is -2.23. The zero-order valence-corrected chi connectivity index (χ0v) is 13.5. The number of phenols is 1. The van der Waals surface area contributed by atoms with Crippen LogP contribution in [0.2, 0.25) is 0 Å². The Morgan fingerprint density at radius 1 is 1.28 bits per heavy atom. The van der Waals surface area contributed by atoms with E-state index in [1.165, 1.54) is 18.5 Å². The first-order valence-electron chi connectivity index (χ1n) is 8.23. The number of aromatic nitrogens is 4. The van der Waals surface area contributed by atoms with Crippen molar-refractivity contribution in [2.45, 2.75) is 32.0 Å².